The molecule has 0 saturated heterocycles. The van der Waals surface area contributed by atoms with E-state index in [4.69, 9.17) is 10.8 Å². The topological polar surface area (TPSA) is 109 Å². The molecule has 1 fully saturated rings. The molecular weight excluding hydrogens is 320 g/mol. The number of hydrogen-bond acceptors (Lipinski definition) is 3. The van der Waals surface area contributed by atoms with Crippen molar-refractivity contribution in [3.8, 4) is 0 Å². The summed E-state index contributed by atoms with van der Waals surface area (Å²) in [4.78, 5) is 34.4. The largest absolute Gasteiger partial charge is 0.481 e. The summed E-state index contributed by atoms with van der Waals surface area (Å²) >= 11 is 0. The van der Waals surface area contributed by atoms with Crippen LogP contribution in [0.2, 0.25) is 0 Å². The molecule has 6 heteroatoms. The third-order valence-corrected chi connectivity index (χ3v) is 4.82. The fraction of sp³-hybridized carbons (Fsp3) is 0.526. The third kappa shape index (κ3) is 6.21. The second-order valence-electron chi connectivity index (χ2n) is 6.78. The summed E-state index contributed by atoms with van der Waals surface area (Å²) in [5, 5.41) is 11.9. The lowest BCUT2D eigenvalue weighted by Crippen LogP contribution is -2.37. The van der Waals surface area contributed by atoms with Gasteiger partial charge in [0.15, 0.2) is 0 Å². The van der Waals surface area contributed by atoms with Crippen LogP contribution in [0, 0.1) is 5.92 Å². The Morgan fingerprint density at radius 2 is 1.68 bits per heavy atom. The number of rotatable bonds is 8. The van der Waals surface area contributed by atoms with Crippen molar-refractivity contribution >= 4 is 17.8 Å². The highest BCUT2D eigenvalue weighted by atomic mass is 16.4. The number of aliphatic carboxylic acids is 1. The minimum atomic E-state index is -0.853. The summed E-state index contributed by atoms with van der Waals surface area (Å²) in [5.74, 6) is -1.09. The van der Waals surface area contributed by atoms with Gasteiger partial charge in [-0.2, -0.15) is 0 Å². The van der Waals surface area contributed by atoms with Crippen LogP contribution in [-0.2, 0) is 4.79 Å². The highest BCUT2D eigenvalue weighted by molar-refractivity contribution is 5.97. The van der Waals surface area contributed by atoms with Crippen LogP contribution in [0.1, 0.15) is 72.1 Å². The number of carboxylic acids is 1. The van der Waals surface area contributed by atoms with Crippen LogP contribution in [0.3, 0.4) is 0 Å². The van der Waals surface area contributed by atoms with Crippen LogP contribution < -0.4 is 11.1 Å². The number of carbonyl (C=O) groups excluding carboxylic acids is 2. The zero-order valence-corrected chi connectivity index (χ0v) is 14.4. The van der Waals surface area contributed by atoms with Crippen molar-refractivity contribution in [3.63, 3.8) is 0 Å². The lowest BCUT2D eigenvalue weighted by atomic mass is 9.84. The van der Waals surface area contributed by atoms with Crippen molar-refractivity contribution in [3.05, 3.63) is 35.4 Å². The van der Waals surface area contributed by atoms with Crippen molar-refractivity contribution in [2.24, 2.45) is 11.7 Å². The van der Waals surface area contributed by atoms with E-state index in [1.54, 1.807) is 12.1 Å². The molecule has 1 aliphatic rings. The van der Waals surface area contributed by atoms with Crippen LogP contribution in [0.25, 0.3) is 0 Å². The molecule has 0 radical (unpaired) electrons. The first-order valence-corrected chi connectivity index (χ1v) is 8.88. The van der Waals surface area contributed by atoms with Gasteiger partial charge < -0.3 is 16.2 Å². The van der Waals surface area contributed by atoms with E-state index < -0.39 is 11.9 Å². The molecule has 2 amide bonds. The molecule has 4 N–H and O–H groups in total. The van der Waals surface area contributed by atoms with Crippen molar-refractivity contribution in [2.45, 2.75) is 57.4 Å². The van der Waals surface area contributed by atoms with Crippen LogP contribution in [0.15, 0.2) is 24.3 Å². The molecule has 1 atom stereocenters. The van der Waals surface area contributed by atoms with Gasteiger partial charge in [-0.3, -0.25) is 14.4 Å². The Kier molecular flexibility index (Phi) is 6.98. The van der Waals surface area contributed by atoms with Crippen LogP contribution in [-0.4, -0.2) is 28.9 Å². The molecule has 0 spiro atoms. The smallest absolute Gasteiger partial charge is 0.303 e. The van der Waals surface area contributed by atoms with E-state index in [9.17, 15) is 14.4 Å². The zero-order valence-electron chi connectivity index (χ0n) is 14.4. The van der Waals surface area contributed by atoms with E-state index >= 15 is 0 Å². The fourth-order valence-electron chi connectivity index (χ4n) is 3.43. The Bertz CT molecular complexity index is 606. The fourth-order valence-corrected chi connectivity index (χ4v) is 3.43. The monoisotopic (exact) mass is 346 g/mol. The van der Waals surface area contributed by atoms with Gasteiger partial charge in [0.2, 0.25) is 5.91 Å². The minimum absolute atomic E-state index is 0.0400. The average Bonchev–Trinajstić information content (AvgIpc) is 2.60. The summed E-state index contributed by atoms with van der Waals surface area (Å²) in [6.45, 7) is 0. The molecule has 0 bridgehead atoms. The lowest BCUT2D eigenvalue weighted by molar-refractivity contribution is -0.137. The lowest BCUT2D eigenvalue weighted by Gasteiger charge is -2.27. The minimum Gasteiger partial charge on any atom is -0.481 e. The maximum Gasteiger partial charge on any atom is 0.303 e. The number of benzene rings is 1. The molecule has 136 valence electrons. The quantitative estimate of drug-likeness (QED) is 0.672. The van der Waals surface area contributed by atoms with Gasteiger partial charge in [0.25, 0.3) is 5.91 Å². The standard InChI is InChI=1S/C19H26N2O4/c20-18(24)14-6-8-15(9-7-14)19(25)21-16(10-11-17(22)23)12-13-4-2-1-3-5-13/h6-9,13,16H,1-5,10-12H2,(H2,20,24)(H,21,25)(H,22,23). The molecule has 1 aromatic rings. The van der Waals surface area contributed by atoms with Gasteiger partial charge in [-0.25, -0.2) is 0 Å². The van der Waals surface area contributed by atoms with E-state index in [2.05, 4.69) is 5.32 Å². The SMILES string of the molecule is NC(=O)c1ccc(C(=O)NC(CCC(=O)O)CC2CCCCC2)cc1. The van der Waals surface area contributed by atoms with Crippen LogP contribution >= 0.6 is 0 Å². The Morgan fingerprint density at radius 3 is 2.24 bits per heavy atom. The molecule has 2 rings (SSSR count). The number of amides is 2. The zero-order chi connectivity index (χ0) is 18.2. The van der Waals surface area contributed by atoms with Gasteiger partial charge >= 0.3 is 5.97 Å². The highest BCUT2D eigenvalue weighted by Crippen LogP contribution is 2.28. The first kappa shape index (κ1) is 19.0. The predicted molar refractivity (Wildman–Crippen MR) is 94.3 cm³/mol. The average molecular weight is 346 g/mol. The number of carbonyl (C=O) groups is 3. The number of primary amides is 1. The Hall–Kier alpha value is -2.37. The molecule has 0 aliphatic heterocycles. The van der Waals surface area contributed by atoms with E-state index in [-0.39, 0.29) is 18.4 Å². The summed E-state index contributed by atoms with van der Waals surface area (Å²) in [6, 6.07) is 6.01. The van der Waals surface area contributed by atoms with E-state index in [0.717, 1.165) is 19.3 Å². The van der Waals surface area contributed by atoms with Crippen molar-refractivity contribution in [2.75, 3.05) is 0 Å². The second-order valence-corrected chi connectivity index (χ2v) is 6.78. The maximum absolute atomic E-state index is 12.4. The number of carboxylic acid groups (broad SMARTS) is 1. The Balaban J connectivity index is 1.98. The maximum atomic E-state index is 12.4. The van der Waals surface area contributed by atoms with Gasteiger partial charge in [0.1, 0.15) is 0 Å². The van der Waals surface area contributed by atoms with Gasteiger partial charge in [0, 0.05) is 23.6 Å². The number of nitrogens with one attached hydrogen (secondary N) is 1. The Morgan fingerprint density at radius 1 is 1.08 bits per heavy atom. The number of hydrogen-bond donors (Lipinski definition) is 3. The van der Waals surface area contributed by atoms with E-state index in [0.29, 0.717) is 23.5 Å². The van der Waals surface area contributed by atoms with Gasteiger partial charge in [-0.15, -0.1) is 0 Å². The highest BCUT2D eigenvalue weighted by Gasteiger charge is 2.21. The summed E-state index contributed by atoms with van der Waals surface area (Å²) in [6.07, 6.45) is 7.25. The second kappa shape index (κ2) is 9.20. The Labute approximate surface area is 147 Å². The molecule has 25 heavy (non-hydrogen) atoms. The van der Waals surface area contributed by atoms with E-state index in [1.165, 1.54) is 31.4 Å². The molecule has 1 unspecified atom stereocenters. The van der Waals surface area contributed by atoms with Crippen molar-refractivity contribution in [1.29, 1.82) is 0 Å². The summed E-state index contributed by atoms with van der Waals surface area (Å²) < 4.78 is 0. The predicted octanol–water partition coefficient (Wildman–Crippen LogP) is 2.72. The molecule has 1 aromatic carbocycles. The number of nitrogens with two attached hydrogens (primary N) is 1. The molecular formula is C19H26N2O4. The summed E-state index contributed by atoms with van der Waals surface area (Å²) in [5.41, 5.74) is 5.98. The third-order valence-electron chi connectivity index (χ3n) is 4.82. The molecule has 0 heterocycles. The van der Waals surface area contributed by atoms with E-state index in [1.807, 2.05) is 0 Å². The van der Waals surface area contributed by atoms with Crippen molar-refractivity contribution < 1.29 is 19.5 Å². The van der Waals surface area contributed by atoms with Crippen LogP contribution in [0.5, 0.6) is 0 Å². The normalized spacial score (nSPS) is 16.2. The van der Waals surface area contributed by atoms with Gasteiger partial charge in [-0.05, 0) is 43.0 Å². The van der Waals surface area contributed by atoms with Crippen molar-refractivity contribution in [1.82, 2.24) is 5.32 Å². The first-order valence-electron chi connectivity index (χ1n) is 8.88. The molecule has 1 saturated carbocycles. The molecule has 0 aromatic heterocycles. The van der Waals surface area contributed by atoms with Gasteiger partial charge in [0.05, 0.1) is 0 Å². The summed E-state index contributed by atoms with van der Waals surface area (Å²) in [7, 11) is 0. The molecule has 6 nitrogen and oxygen atoms in total. The van der Waals surface area contributed by atoms with Gasteiger partial charge in [-0.1, -0.05) is 32.1 Å². The molecule has 1 aliphatic carbocycles. The van der Waals surface area contributed by atoms with Crippen LogP contribution in [0.4, 0.5) is 0 Å². The first-order chi connectivity index (χ1) is 12.0.